The molecule has 3 aromatic heterocycles. The van der Waals surface area contributed by atoms with Gasteiger partial charge in [0.2, 0.25) is 0 Å². The van der Waals surface area contributed by atoms with Crippen molar-refractivity contribution in [2.24, 2.45) is 7.05 Å². The summed E-state index contributed by atoms with van der Waals surface area (Å²) in [6, 6.07) is 10.1. The second-order valence-corrected chi connectivity index (χ2v) is 7.87. The molecule has 0 atom stereocenters. The fourth-order valence-electron chi connectivity index (χ4n) is 4.23. The summed E-state index contributed by atoms with van der Waals surface area (Å²) in [6.07, 6.45) is 3.48. The molecule has 0 aliphatic carbocycles. The fraction of sp³-hybridized carbons (Fsp3) is 0.250. The first-order chi connectivity index (χ1) is 15.5. The van der Waals surface area contributed by atoms with Gasteiger partial charge in [0, 0.05) is 55.0 Å². The minimum atomic E-state index is -0.687. The number of aromatic nitrogens is 3. The van der Waals surface area contributed by atoms with Gasteiger partial charge in [-0.2, -0.15) is 0 Å². The molecule has 0 saturated carbocycles. The van der Waals surface area contributed by atoms with E-state index in [1.807, 2.05) is 19.2 Å². The second-order valence-electron chi connectivity index (χ2n) is 7.87. The van der Waals surface area contributed by atoms with Gasteiger partial charge in [-0.1, -0.05) is 0 Å². The summed E-state index contributed by atoms with van der Waals surface area (Å²) in [4.78, 5) is 17.5. The summed E-state index contributed by atoms with van der Waals surface area (Å²) in [6.45, 7) is 1.77. The monoisotopic (exact) mass is 436 g/mol. The number of benzene rings is 1. The van der Waals surface area contributed by atoms with Gasteiger partial charge >= 0.3 is 0 Å². The predicted molar refractivity (Wildman–Crippen MR) is 117 cm³/mol. The van der Waals surface area contributed by atoms with Crippen molar-refractivity contribution in [3.8, 4) is 11.6 Å². The SMILES string of the molecule is Cn1c2c(c3ccc(-n4ccc(OCc5ccc(F)cc5F)cc4=O)nc31)CCNCC2. The van der Waals surface area contributed by atoms with Crippen LogP contribution in [0.2, 0.25) is 0 Å². The van der Waals surface area contributed by atoms with E-state index in [1.54, 1.807) is 12.3 Å². The van der Waals surface area contributed by atoms with Crippen LogP contribution in [0, 0.1) is 11.6 Å². The molecule has 164 valence electrons. The van der Waals surface area contributed by atoms with Crippen molar-refractivity contribution in [2.45, 2.75) is 19.4 Å². The standard InChI is InChI=1S/C24H22F2N4O2/c1-29-21-7-10-27-9-6-18(21)19-4-5-22(28-24(19)29)30-11-8-17(13-23(30)31)32-14-15-2-3-16(25)12-20(15)26/h2-5,8,11-13,27H,6-7,9-10,14H2,1H3. The molecule has 0 saturated heterocycles. The largest absolute Gasteiger partial charge is 0.489 e. The van der Waals surface area contributed by atoms with Gasteiger partial charge in [0.25, 0.3) is 5.56 Å². The maximum Gasteiger partial charge on any atom is 0.259 e. The average Bonchev–Trinajstić information content (AvgIpc) is 2.93. The molecule has 1 N–H and O–H groups in total. The second kappa shape index (κ2) is 8.20. The Kier molecular flexibility index (Phi) is 5.22. The summed E-state index contributed by atoms with van der Waals surface area (Å²) >= 11 is 0. The number of nitrogens with one attached hydrogen (secondary N) is 1. The Bertz CT molecular complexity index is 1380. The zero-order chi connectivity index (χ0) is 22.2. The van der Waals surface area contributed by atoms with Crippen LogP contribution in [0.25, 0.3) is 16.9 Å². The summed E-state index contributed by atoms with van der Waals surface area (Å²) in [5, 5.41) is 4.53. The first-order valence-electron chi connectivity index (χ1n) is 10.5. The molecule has 1 aliphatic rings. The highest BCUT2D eigenvalue weighted by atomic mass is 19.1. The van der Waals surface area contributed by atoms with E-state index in [9.17, 15) is 13.6 Å². The molecule has 0 bridgehead atoms. The lowest BCUT2D eigenvalue weighted by atomic mass is 10.1. The molecule has 1 aromatic carbocycles. The number of fused-ring (bicyclic) bond motifs is 3. The van der Waals surface area contributed by atoms with Gasteiger partial charge in [-0.15, -0.1) is 0 Å². The highest BCUT2D eigenvalue weighted by molar-refractivity contribution is 5.83. The summed E-state index contributed by atoms with van der Waals surface area (Å²) in [7, 11) is 2.01. The molecule has 8 heteroatoms. The Balaban J connectivity index is 1.42. The normalized spacial score (nSPS) is 13.7. The van der Waals surface area contributed by atoms with Crippen molar-refractivity contribution >= 4 is 11.0 Å². The van der Waals surface area contributed by atoms with Crippen LogP contribution in [0.15, 0.2) is 53.5 Å². The Morgan fingerprint density at radius 3 is 2.75 bits per heavy atom. The van der Waals surface area contributed by atoms with Crippen LogP contribution < -0.4 is 15.6 Å². The van der Waals surface area contributed by atoms with E-state index in [1.165, 1.54) is 34.0 Å². The molecule has 4 heterocycles. The van der Waals surface area contributed by atoms with Crippen molar-refractivity contribution < 1.29 is 13.5 Å². The van der Waals surface area contributed by atoms with E-state index < -0.39 is 11.6 Å². The van der Waals surface area contributed by atoms with Gasteiger partial charge in [-0.25, -0.2) is 13.8 Å². The van der Waals surface area contributed by atoms with Gasteiger partial charge in [0.05, 0.1) is 0 Å². The third-order valence-corrected chi connectivity index (χ3v) is 5.89. The van der Waals surface area contributed by atoms with Crippen molar-refractivity contribution in [3.63, 3.8) is 0 Å². The Hall–Kier alpha value is -3.52. The van der Waals surface area contributed by atoms with Gasteiger partial charge in [0.1, 0.15) is 35.5 Å². The molecule has 1 aliphatic heterocycles. The van der Waals surface area contributed by atoms with Crippen LogP contribution in [0.5, 0.6) is 5.75 Å². The number of halogens is 2. The molecule has 6 nitrogen and oxygen atoms in total. The van der Waals surface area contributed by atoms with Crippen LogP contribution in [0.1, 0.15) is 16.8 Å². The van der Waals surface area contributed by atoms with Crippen LogP contribution in [0.3, 0.4) is 0 Å². The third kappa shape index (κ3) is 3.67. The van der Waals surface area contributed by atoms with Crippen LogP contribution in [-0.4, -0.2) is 27.2 Å². The Morgan fingerprint density at radius 2 is 1.94 bits per heavy atom. The van der Waals surface area contributed by atoms with Crippen molar-refractivity contribution in [2.75, 3.05) is 13.1 Å². The van der Waals surface area contributed by atoms with Crippen molar-refractivity contribution in [1.82, 2.24) is 19.4 Å². The van der Waals surface area contributed by atoms with Crippen molar-refractivity contribution in [1.29, 1.82) is 0 Å². The minimum Gasteiger partial charge on any atom is -0.489 e. The number of nitrogens with zero attached hydrogens (tertiary/aromatic N) is 3. The van der Waals surface area contributed by atoms with Crippen LogP contribution in [-0.2, 0) is 26.5 Å². The zero-order valence-electron chi connectivity index (χ0n) is 17.6. The molecule has 0 unspecified atom stereocenters. The van der Waals surface area contributed by atoms with Gasteiger partial charge in [-0.3, -0.25) is 9.36 Å². The molecular weight excluding hydrogens is 414 g/mol. The molecule has 0 amide bonds. The number of ether oxygens (including phenoxy) is 1. The maximum absolute atomic E-state index is 13.8. The molecular formula is C24H22F2N4O2. The molecule has 0 fully saturated rings. The summed E-state index contributed by atoms with van der Waals surface area (Å²) in [5.41, 5.74) is 3.35. The van der Waals surface area contributed by atoms with Crippen LogP contribution >= 0.6 is 0 Å². The van der Waals surface area contributed by atoms with E-state index >= 15 is 0 Å². The van der Waals surface area contributed by atoms with E-state index in [0.717, 1.165) is 43.0 Å². The summed E-state index contributed by atoms with van der Waals surface area (Å²) < 4.78 is 35.9. The number of hydrogen-bond donors (Lipinski definition) is 1. The topological polar surface area (TPSA) is 61.1 Å². The highest BCUT2D eigenvalue weighted by Crippen LogP contribution is 2.27. The predicted octanol–water partition coefficient (Wildman–Crippen LogP) is 3.27. The first-order valence-corrected chi connectivity index (χ1v) is 10.5. The van der Waals surface area contributed by atoms with Gasteiger partial charge in [0.15, 0.2) is 0 Å². The van der Waals surface area contributed by atoms with E-state index in [0.29, 0.717) is 11.6 Å². The smallest absolute Gasteiger partial charge is 0.259 e. The quantitative estimate of drug-likeness (QED) is 0.534. The van der Waals surface area contributed by atoms with Crippen LogP contribution in [0.4, 0.5) is 8.78 Å². The zero-order valence-corrected chi connectivity index (χ0v) is 17.6. The third-order valence-electron chi connectivity index (χ3n) is 5.89. The van der Waals surface area contributed by atoms with Gasteiger partial charge in [-0.05, 0) is 48.9 Å². The first kappa shape index (κ1) is 20.4. The Morgan fingerprint density at radius 1 is 1.09 bits per heavy atom. The average molecular weight is 436 g/mol. The number of hydrogen-bond acceptors (Lipinski definition) is 4. The lowest BCUT2D eigenvalue weighted by molar-refractivity contribution is 0.298. The molecule has 0 radical (unpaired) electrons. The van der Waals surface area contributed by atoms with Gasteiger partial charge < -0.3 is 14.6 Å². The minimum absolute atomic E-state index is 0.108. The van der Waals surface area contributed by atoms with E-state index in [4.69, 9.17) is 9.72 Å². The summed E-state index contributed by atoms with van der Waals surface area (Å²) in [5.74, 6) is -0.515. The fourth-order valence-corrected chi connectivity index (χ4v) is 4.23. The molecule has 0 spiro atoms. The molecule has 32 heavy (non-hydrogen) atoms. The number of rotatable bonds is 4. The Labute approximate surface area is 183 Å². The number of pyridine rings is 2. The van der Waals surface area contributed by atoms with Crippen molar-refractivity contribution in [3.05, 3.63) is 87.5 Å². The molecule has 4 aromatic rings. The van der Waals surface area contributed by atoms with E-state index in [2.05, 4.69) is 9.88 Å². The maximum atomic E-state index is 13.8. The van der Waals surface area contributed by atoms with E-state index in [-0.39, 0.29) is 17.7 Å². The lowest BCUT2D eigenvalue weighted by Crippen LogP contribution is -2.18. The highest BCUT2D eigenvalue weighted by Gasteiger charge is 2.18. The molecule has 5 rings (SSSR count). The number of aryl methyl sites for hydroxylation is 1. The lowest BCUT2D eigenvalue weighted by Gasteiger charge is -2.10.